The highest BCUT2D eigenvalue weighted by Gasteiger charge is 2.27. The van der Waals surface area contributed by atoms with Crippen molar-refractivity contribution in [2.45, 2.75) is 34.1 Å². The van der Waals surface area contributed by atoms with E-state index in [1.807, 2.05) is 20.8 Å². The molecule has 0 aliphatic heterocycles. The van der Waals surface area contributed by atoms with Crippen molar-refractivity contribution in [2.24, 2.45) is 11.3 Å². The molecule has 0 N–H and O–H groups in total. The predicted octanol–water partition coefficient (Wildman–Crippen LogP) is 1.48. The molecule has 0 aromatic heterocycles. The number of rotatable bonds is 3. The van der Waals surface area contributed by atoms with Gasteiger partial charge in [0.15, 0.2) is 0 Å². The molecule has 0 rings (SSSR count). The first-order valence-corrected chi connectivity index (χ1v) is 6.78. The first kappa shape index (κ1) is 14.4. The average molecular weight is 235 g/mol. The van der Waals surface area contributed by atoms with Gasteiger partial charge in [0.25, 0.3) is 0 Å². The van der Waals surface area contributed by atoms with Crippen LogP contribution >= 0.6 is 0 Å². The Morgan fingerprint density at radius 3 is 2.00 bits per heavy atom. The number of amides is 1. The van der Waals surface area contributed by atoms with Crippen molar-refractivity contribution in [1.82, 2.24) is 4.31 Å². The summed E-state index contributed by atoms with van der Waals surface area (Å²) in [5.41, 5.74) is 0.0212. The van der Waals surface area contributed by atoms with E-state index in [4.69, 9.17) is 0 Å². The van der Waals surface area contributed by atoms with Gasteiger partial charge in [-0.1, -0.05) is 27.7 Å². The lowest BCUT2D eigenvalue weighted by molar-refractivity contribution is -0.130. The van der Waals surface area contributed by atoms with Gasteiger partial charge in [0, 0.05) is 13.0 Å². The Morgan fingerprint density at radius 2 is 1.73 bits per heavy atom. The van der Waals surface area contributed by atoms with Crippen LogP contribution in [0.5, 0.6) is 0 Å². The Bertz CT molecular complexity index is 327. The van der Waals surface area contributed by atoms with Gasteiger partial charge in [0.2, 0.25) is 15.9 Å². The molecule has 0 saturated carbocycles. The molecule has 1 amide bonds. The van der Waals surface area contributed by atoms with Crippen molar-refractivity contribution in [1.29, 1.82) is 0 Å². The summed E-state index contributed by atoms with van der Waals surface area (Å²) in [5, 5.41) is 0. The minimum absolute atomic E-state index is 0.0212. The summed E-state index contributed by atoms with van der Waals surface area (Å²) >= 11 is 0. The molecule has 4 nitrogen and oxygen atoms in total. The summed E-state index contributed by atoms with van der Waals surface area (Å²) in [6, 6.07) is 0. The van der Waals surface area contributed by atoms with Gasteiger partial charge in [-0.25, -0.2) is 12.7 Å². The summed E-state index contributed by atoms with van der Waals surface area (Å²) in [7, 11) is -2.12. The zero-order chi connectivity index (χ0) is 12.4. The zero-order valence-electron chi connectivity index (χ0n) is 10.4. The molecule has 0 aliphatic carbocycles. The van der Waals surface area contributed by atoms with Crippen LogP contribution in [0.3, 0.4) is 0 Å². The van der Waals surface area contributed by atoms with E-state index in [2.05, 4.69) is 0 Å². The highest BCUT2D eigenvalue weighted by molar-refractivity contribution is 7.88. The van der Waals surface area contributed by atoms with Gasteiger partial charge in [-0.05, 0) is 11.8 Å². The van der Waals surface area contributed by atoms with Gasteiger partial charge in [-0.15, -0.1) is 0 Å². The first-order chi connectivity index (χ1) is 6.45. The van der Waals surface area contributed by atoms with Crippen molar-refractivity contribution < 1.29 is 13.2 Å². The first-order valence-electron chi connectivity index (χ1n) is 4.93. The number of sulfonamides is 1. The molecular weight excluding hydrogens is 214 g/mol. The average Bonchev–Trinajstić information content (AvgIpc) is 1.96. The minimum atomic E-state index is -3.42. The van der Waals surface area contributed by atoms with Crippen LogP contribution in [0.4, 0.5) is 0 Å². The summed E-state index contributed by atoms with van der Waals surface area (Å²) in [5.74, 6) is -0.614. The highest BCUT2D eigenvalue weighted by atomic mass is 32.2. The Morgan fingerprint density at radius 1 is 1.33 bits per heavy atom. The van der Waals surface area contributed by atoms with Crippen molar-refractivity contribution in [2.75, 3.05) is 13.3 Å². The maximum atomic E-state index is 11.7. The van der Waals surface area contributed by atoms with Crippen molar-refractivity contribution in [3.63, 3.8) is 0 Å². The topological polar surface area (TPSA) is 54.5 Å². The van der Waals surface area contributed by atoms with E-state index in [0.717, 1.165) is 10.6 Å². The Kier molecular flexibility index (Phi) is 4.34. The molecule has 0 radical (unpaired) electrons. The Hall–Kier alpha value is -0.580. The minimum Gasteiger partial charge on any atom is -0.274 e. The number of carbonyl (C=O) groups is 1. The van der Waals surface area contributed by atoms with E-state index in [-0.39, 0.29) is 17.2 Å². The SMILES string of the molecule is C[C@@H](CC(C)(C)C)C(=O)N(C)S(C)(=O)=O. The molecule has 0 aromatic carbocycles. The fourth-order valence-corrected chi connectivity index (χ4v) is 1.99. The van der Waals surface area contributed by atoms with Crippen LogP contribution in [0.2, 0.25) is 0 Å². The fraction of sp³-hybridized carbons (Fsp3) is 0.900. The summed E-state index contributed by atoms with van der Waals surface area (Å²) in [6.45, 7) is 7.83. The van der Waals surface area contributed by atoms with Gasteiger partial charge in [-0.3, -0.25) is 4.79 Å². The normalized spacial score (nSPS) is 14.8. The van der Waals surface area contributed by atoms with Gasteiger partial charge in [0.1, 0.15) is 0 Å². The monoisotopic (exact) mass is 235 g/mol. The van der Waals surface area contributed by atoms with Gasteiger partial charge < -0.3 is 0 Å². The maximum Gasteiger partial charge on any atom is 0.238 e. The molecule has 0 bridgehead atoms. The molecule has 0 aliphatic rings. The lowest BCUT2D eigenvalue weighted by atomic mass is 9.85. The Balaban J connectivity index is 4.61. The molecular formula is C10H21NO3S. The lowest BCUT2D eigenvalue weighted by Crippen LogP contribution is -2.37. The van der Waals surface area contributed by atoms with E-state index in [1.165, 1.54) is 7.05 Å². The number of nitrogens with zero attached hydrogens (tertiary/aromatic N) is 1. The number of hydrogen-bond donors (Lipinski definition) is 0. The number of carbonyl (C=O) groups excluding carboxylic acids is 1. The number of hydrogen-bond acceptors (Lipinski definition) is 3. The van der Waals surface area contributed by atoms with E-state index in [1.54, 1.807) is 6.92 Å². The quantitative estimate of drug-likeness (QED) is 0.744. The molecule has 5 heteroatoms. The van der Waals surface area contributed by atoms with Crippen LogP contribution in [-0.4, -0.2) is 31.9 Å². The molecule has 15 heavy (non-hydrogen) atoms. The van der Waals surface area contributed by atoms with Gasteiger partial charge in [-0.2, -0.15) is 0 Å². The van der Waals surface area contributed by atoms with Crippen LogP contribution in [-0.2, 0) is 14.8 Å². The van der Waals surface area contributed by atoms with Gasteiger partial charge in [0.05, 0.1) is 6.26 Å². The molecule has 0 saturated heterocycles. The van der Waals surface area contributed by atoms with Crippen LogP contribution < -0.4 is 0 Å². The second-order valence-corrected chi connectivity index (χ2v) is 7.25. The second-order valence-electron chi connectivity index (χ2n) is 5.23. The molecule has 0 spiro atoms. The van der Waals surface area contributed by atoms with E-state index in [0.29, 0.717) is 6.42 Å². The summed E-state index contributed by atoms with van der Waals surface area (Å²) < 4.78 is 23.1. The summed E-state index contributed by atoms with van der Waals surface area (Å²) in [6.07, 6.45) is 1.71. The van der Waals surface area contributed by atoms with Crippen LogP contribution in [0.25, 0.3) is 0 Å². The van der Waals surface area contributed by atoms with E-state index >= 15 is 0 Å². The van der Waals surface area contributed by atoms with Crippen LogP contribution in [0, 0.1) is 11.3 Å². The van der Waals surface area contributed by atoms with Crippen molar-refractivity contribution in [3.8, 4) is 0 Å². The van der Waals surface area contributed by atoms with Crippen LogP contribution in [0.15, 0.2) is 0 Å². The standard InChI is InChI=1S/C10H21NO3S/c1-8(7-10(2,3)4)9(12)11(5)15(6,13)14/h8H,7H2,1-6H3/t8-/m0/s1. The van der Waals surface area contributed by atoms with E-state index in [9.17, 15) is 13.2 Å². The highest BCUT2D eigenvalue weighted by Crippen LogP contribution is 2.25. The predicted molar refractivity (Wildman–Crippen MR) is 60.8 cm³/mol. The lowest BCUT2D eigenvalue weighted by Gasteiger charge is -2.25. The largest absolute Gasteiger partial charge is 0.274 e. The third-order valence-corrected chi connectivity index (χ3v) is 3.32. The maximum absolute atomic E-state index is 11.7. The fourth-order valence-electron chi connectivity index (χ4n) is 1.48. The van der Waals surface area contributed by atoms with Crippen molar-refractivity contribution >= 4 is 15.9 Å². The van der Waals surface area contributed by atoms with Gasteiger partial charge >= 0.3 is 0 Å². The third-order valence-electron chi connectivity index (χ3n) is 2.15. The molecule has 0 aromatic rings. The molecule has 0 fully saturated rings. The van der Waals surface area contributed by atoms with E-state index < -0.39 is 10.0 Å². The molecule has 1 atom stereocenters. The molecule has 90 valence electrons. The second kappa shape index (κ2) is 4.51. The summed E-state index contributed by atoms with van der Waals surface area (Å²) in [4.78, 5) is 11.7. The Labute approximate surface area is 92.7 Å². The smallest absolute Gasteiger partial charge is 0.238 e. The molecule has 0 unspecified atom stereocenters. The zero-order valence-corrected chi connectivity index (χ0v) is 11.2. The third kappa shape index (κ3) is 5.16. The molecule has 0 heterocycles. The van der Waals surface area contributed by atoms with Crippen LogP contribution in [0.1, 0.15) is 34.1 Å². The van der Waals surface area contributed by atoms with Crippen molar-refractivity contribution in [3.05, 3.63) is 0 Å².